The lowest BCUT2D eigenvalue weighted by Gasteiger charge is -2.07. The highest BCUT2D eigenvalue weighted by Crippen LogP contribution is 2.41. The molecule has 214 valence electrons. The number of rotatable bonds is 2. The molecule has 4 heterocycles. The molecular formula is C42H24N2O2. The van der Waals surface area contributed by atoms with E-state index in [-0.39, 0.29) is 0 Å². The Kier molecular flexibility index (Phi) is 4.55. The van der Waals surface area contributed by atoms with Crippen molar-refractivity contribution in [1.82, 2.24) is 9.13 Å². The van der Waals surface area contributed by atoms with Gasteiger partial charge in [-0.15, -0.1) is 0 Å². The van der Waals surface area contributed by atoms with Gasteiger partial charge < -0.3 is 18.0 Å². The summed E-state index contributed by atoms with van der Waals surface area (Å²) in [5.41, 5.74) is 10.1. The van der Waals surface area contributed by atoms with Gasteiger partial charge in [-0.3, -0.25) is 0 Å². The molecule has 0 amide bonds. The highest BCUT2D eigenvalue weighted by Gasteiger charge is 2.19. The van der Waals surface area contributed by atoms with E-state index in [1.54, 1.807) is 0 Å². The van der Waals surface area contributed by atoms with Gasteiger partial charge in [-0.25, -0.2) is 0 Å². The predicted octanol–water partition coefficient (Wildman–Crippen LogP) is 11.7. The lowest BCUT2D eigenvalue weighted by Crippen LogP contribution is -1.93. The van der Waals surface area contributed by atoms with Crippen LogP contribution in [0.15, 0.2) is 154 Å². The van der Waals surface area contributed by atoms with Crippen molar-refractivity contribution in [3.05, 3.63) is 146 Å². The number of hydrogen-bond acceptors (Lipinski definition) is 2. The fourth-order valence-electron chi connectivity index (χ4n) is 7.72. The summed E-state index contributed by atoms with van der Waals surface area (Å²) < 4.78 is 18.0. The van der Waals surface area contributed by atoms with Gasteiger partial charge in [0.25, 0.3) is 0 Å². The smallest absolute Gasteiger partial charge is 0.178 e. The molecule has 4 heteroatoms. The third-order valence-electron chi connectivity index (χ3n) is 9.72. The van der Waals surface area contributed by atoms with Gasteiger partial charge in [-0.05, 0) is 60.7 Å². The first-order chi connectivity index (χ1) is 22.8. The van der Waals surface area contributed by atoms with Crippen molar-refractivity contribution in [2.24, 2.45) is 0 Å². The van der Waals surface area contributed by atoms with Crippen molar-refractivity contribution >= 4 is 87.5 Å². The summed E-state index contributed by atoms with van der Waals surface area (Å²) in [4.78, 5) is 0. The van der Waals surface area contributed by atoms with E-state index in [9.17, 15) is 0 Å². The molecule has 46 heavy (non-hydrogen) atoms. The molecule has 0 spiro atoms. The summed E-state index contributed by atoms with van der Waals surface area (Å²) in [6, 6.07) is 51.7. The Morgan fingerprint density at radius 2 is 0.630 bits per heavy atom. The molecule has 0 radical (unpaired) electrons. The number of furan rings is 2. The zero-order chi connectivity index (χ0) is 29.9. The summed E-state index contributed by atoms with van der Waals surface area (Å²) in [6.45, 7) is 0. The van der Waals surface area contributed by atoms with Crippen LogP contribution < -0.4 is 0 Å². The summed E-state index contributed by atoms with van der Waals surface area (Å²) in [7, 11) is 0. The van der Waals surface area contributed by atoms with E-state index >= 15 is 0 Å². The Morgan fingerprint density at radius 1 is 0.304 bits per heavy atom. The molecule has 0 fully saturated rings. The van der Waals surface area contributed by atoms with Crippen LogP contribution in [0.3, 0.4) is 0 Å². The molecule has 0 aliphatic carbocycles. The number of aromatic nitrogens is 2. The Morgan fingerprint density at radius 3 is 1.00 bits per heavy atom. The van der Waals surface area contributed by atoms with Crippen LogP contribution in [-0.2, 0) is 0 Å². The second kappa shape index (κ2) is 8.68. The van der Waals surface area contributed by atoms with Gasteiger partial charge in [-0.1, -0.05) is 72.8 Å². The van der Waals surface area contributed by atoms with Crippen molar-refractivity contribution in [1.29, 1.82) is 0 Å². The Balaban J connectivity index is 1.12. The minimum atomic E-state index is 0.779. The Labute approximate surface area is 261 Å². The highest BCUT2D eigenvalue weighted by atomic mass is 16.4. The minimum absolute atomic E-state index is 0.779. The van der Waals surface area contributed by atoms with Gasteiger partial charge in [0.2, 0.25) is 0 Å². The molecule has 0 bridgehead atoms. The maximum Gasteiger partial charge on any atom is 0.178 e. The van der Waals surface area contributed by atoms with Gasteiger partial charge in [0.05, 0.1) is 22.1 Å². The lowest BCUT2D eigenvalue weighted by atomic mass is 10.1. The number of nitrogens with zero attached hydrogens (tertiary/aromatic N) is 2. The Bertz CT molecular complexity index is 2730. The molecule has 0 unspecified atom stereocenters. The second-order valence-corrected chi connectivity index (χ2v) is 12.1. The van der Waals surface area contributed by atoms with Crippen LogP contribution in [0.25, 0.3) is 98.9 Å². The van der Waals surface area contributed by atoms with Crippen LogP contribution in [0.5, 0.6) is 0 Å². The van der Waals surface area contributed by atoms with Crippen molar-refractivity contribution in [2.45, 2.75) is 0 Å². The average Bonchev–Trinajstić information content (AvgIpc) is 3.85. The van der Waals surface area contributed by atoms with Crippen LogP contribution in [0, 0.1) is 0 Å². The SMILES string of the molecule is c1ccc2c(c1)c1ccccc1n2-c1ccc2c(c1)oc1c2ccc2c3ccc(-n4c5ccccc5c5ccccc54)cc3oc21. The molecule has 0 saturated heterocycles. The van der Waals surface area contributed by atoms with Gasteiger partial charge >= 0.3 is 0 Å². The largest absolute Gasteiger partial charge is 0.452 e. The standard InChI is InChI=1S/C42H24N2O2/c1-5-13-35-27(9-1)28-10-2-6-14-36(28)43(35)25-17-19-31-33-21-22-34-32-20-18-26(24-40(32)46-42(34)41(33)45-39(31)23-25)44-37-15-7-3-11-29(37)30-12-4-8-16-38(30)44/h1-24H. The fraction of sp³-hybridized carbons (Fsp3) is 0. The van der Waals surface area contributed by atoms with E-state index in [4.69, 9.17) is 8.83 Å². The average molecular weight is 589 g/mol. The first-order valence-corrected chi connectivity index (χ1v) is 15.6. The summed E-state index contributed by atoms with van der Waals surface area (Å²) >= 11 is 0. The first kappa shape index (κ1) is 24.1. The molecule has 4 nitrogen and oxygen atoms in total. The lowest BCUT2D eigenvalue weighted by molar-refractivity contribution is 0.633. The minimum Gasteiger partial charge on any atom is -0.452 e. The fourth-order valence-corrected chi connectivity index (χ4v) is 7.72. The first-order valence-electron chi connectivity index (χ1n) is 15.6. The molecule has 0 atom stereocenters. The van der Waals surface area contributed by atoms with Crippen LogP contribution in [-0.4, -0.2) is 9.13 Å². The number of fused-ring (bicyclic) bond motifs is 13. The van der Waals surface area contributed by atoms with Gasteiger partial charge in [0.15, 0.2) is 11.2 Å². The van der Waals surface area contributed by atoms with Crippen LogP contribution in [0.2, 0.25) is 0 Å². The van der Waals surface area contributed by atoms with Crippen LogP contribution >= 0.6 is 0 Å². The number of hydrogen-bond donors (Lipinski definition) is 0. The normalized spacial score (nSPS) is 12.3. The van der Waals surface area contributed by atoms with E-state index < -0.39 is 0 Å². The zero-order valence-electron chi connectivity index (χ0n) is 24.6. The molecule has 0 aliphatic rings. The van der Waals surface area contributed by atoms with E-state index in [2.05, 4.69) is 155 Å². The summed E-state index contributed by atoms with van der Waals surface area (Å²) in [5, 5.41) is 9.23. The van der Waals surface area contributed by atoms with Crippen LogP contribution in [0.1, 0.15) is 0 Å². The van der Waals surface area contributed by atoms with Crippen molar-refractivity contribution < 1.29 is 8.83 Å². The molecule has 0 saturated carbocycles. The number of benzene rings is 7. The molecular weight excluding hydrogens is 564 g/mol. The van der Waals surface area contributed by atoms with Crippen molar-refractivity contribution in [2.75, 3.05) is 0 Å². The second-order valence-electron chi connectivity index (χ2n) is 12.1. The van der Waals surface area contributed by atoms with E-state index in [0.29, 0.717) is 0 Å². The highest BCUT2D eigenvalue weighted by molar-refractivity contribution is 6.19. The summed E-state index contributed by atoms with van der Waals surface area (Å²) in [5.74, 6) is 0. The monoisotopic (exact) mass is 588 g/mol. The number of para-hydroxylation sites is 4. The molecule has 4 aromatic heterocycles. The molecule has 7 aromatic carbocycles. The van der Waals surface area contributed by atoms with Crippen molar-refractivity contribution in [3.63, 3.8) is 0 Å². The van der Waals surface area contributed by atoms with Crippen LogP contribution in [0.4, 0.5) is 0 Å². The Hall–Kier alpha value is -6.26. The summed E-state index contributed by atoms with van der Waals surface area (Å²) in [6.07, 6.45) is 0. The predicted molar refractivity (Wildman–Crippen MR) is 190 cm³/mol. The third-order valence-corrected chi connectivity index (χ3v) is 9.72. The van der Waals surface area contributed by atoms with Gasteiger partial charge in [0, 0.05) is 66.6 Å². The van der Waals surface area contributed by atoms with Gasteiger partial charge in [-0.2, -0.15) is 0 Å². The quantitative estimate of drug-likeness (QED) is 0.201. The van der Waals surface area contributed by atoms with E-state index in [1.165, 1.54) is 43.6 Å². The zero-order valence-corrected chi connectivity index (χ0v) is 24.6. The maximum absolute atomic E-state index is 6.66. The van der Waals surface area contributed by atoms with E-state index in [1.807, 2.05) is 0 Å². The molecule has 11 aromatic rings. The van der Waals surface area contributed by atoms with Gasteiger partial charge in [0.1, 0.15) is 11.2 Å². The van der Waals surface area contributed by atoms with Crippen molar-refractivity contribution in [3.8, 4) is 11.4 Å². The third kappa shape index (κ3) is 3.07. The molecule has 0 N–H and O–H groups in total. The molecule has 0 aliphatic heterocycles. The van der Waals surface area contributed by atoms with E-state index in [0.717, 1.165) is 55.3 Å². The topological polar surface area (TPSA) is 36.1 Å². The molecule has 11 rings (SSSR count). The maximum atomic E-state index is 6.66.